The zero-order valence-corrected chi connectivity index (χ0v) is 5.31. The highest BCUT2D eigenvalue weighted by Crippen LogP contribution is 1.90. The maximum atomic E-state index is 9.74. The number of rotatable bonds is 0. The van der Waals surface area contributed by atoms with Gasteiger partial charge in [0.2, 0.25) is 0 Å². The van der Waals surface area contributed by atoms with Gasteiger partial charge in [-0.1, -0.05) is 0 Å². The van der Waals surface area contributed by atoms with E-state index in [1.54, 1.807) is 5.38 Å². The first-order valence-electron chi connectivity index (χ1n) is 1.13. The van der Waals surface area contributed by atoms with Crippen molar-refractivity contribution in [2.45, 2.75) is 0 Å². The molecule has 0 aromatic rings. The third kappa shape index (κ3) is 6.09. The highest BCUT2D eigenvalue weighted by atomic mass is 35.7. The third-order valence-corrected chi connectivity index (χ3v) is 0.944. The normalized spacial score (nSPS) is 9.43. The fourth-order valence-corrected chi connectivity index (χ4v) is 0.677. The molecule has 2 nitrogen and oxygen atoms in total. The lowest BCUT2D eigenvalue weighted by Crippen LogP contribution is -1.76. The van der Waals surface area contributed by atoms with E-state index in [0.29, 0.717) is 0 Å². The maximum absolute atomic E-state index is 9.74. The van der Waals surface area contributed by atoms with Gasteiger partial charge in [-0.3, -0.25) is 0 Å². The second kappa shape index (κ2) is 2.41. The average molecular weight is 159 g/mol. The Morgan fingerprint density at radius 2 is 1.86 bits per heavy atom. The fourth-order valence-electron chi connectivity index (χ4n) is 0.0461. The Labute approximate surface area is 50.8 Å². The minimum absolute atomic E-state index is 1.54. The summed E-state index contributed by atoms with van der Waals surface area (Å²) in [6, 6.07) is 0. The summed E-state index contributed by atoms with van der Waals surface area (Å²) in [5, 5.41) is 3.15. The van der Waals surface area contributed by atoms with Gasteiger partial charge < -0.3 is 0 Å². The van der Waals surface area contributed by atoms with Gasteiger partial charge in [0.1, 0.15) is 0 Å². The monoisotopic (exact) mass is 158 g/mol. The second-order valence-corrected chi connectivity index (χ2v) is 3.12. The topological polar surface area (TPSA) is 34.1 Å². The molecule has 0 rings (SSSR count). The Bertz CT molecular complexity index is 193. The van der Waals surface area contributed by atoms with Crippen LogP contribution in [0.3, 0.4) is 0 Å². The Balaban J connectivity index is 4.34. The highest BCUT2D eigenvalue weighted by Gasteiger charge is 1.92. The van der Waals surface area contributed by atoms with Crippen molar-refractivity contribution in [1.29, 1.82) is 0 Å². The van der Waals surface area contributed by atoms with Crippen LogP contribution in [0.15, 0.2) is 0 Å². The number of hydrogen-bond donors (Lipinski definition) is 0. The molecule has 0 aliphatic heterocycles. The van der Waals surface area contributed by atoms with Crippen LogP contribution in [-0.2, 0) is 9.05 Å². The minimum Gasteiger partial charge on any atom is -0.198 e. The van der Waals surface area contributed by atoms with E-state index in [1.807, 2.05) is 0 Å². The van der Waals surface area contributed by atoms with Gasteiger partial charge >= 0.3 is 9.05 Å². The van der Waals surface area contributed by atoms with Crippen LogP contribution in [0.1, 0.15) is 0 Å². The van der Waals surface area contributed by atoms with E-state index in [1.165, 1.54) is 5.25 Å². The average Bonchev–Trinajstić information content (AvgIpc) is 1.30. The Morgan fingerprint density at radius 3 is 1.86 bits per heavy atom. The van der Waals surface area contributed by atoms with Crippen LogP contribution in [-0.4, -0.2) is 8.42 Å². The van der Waals surface area contributed by atoms with E-state index in [-0.39, 0.29) is 0 Å². The van der Waals surface area contributed by atoms with E-state index in [4.69, 9.17) is 0 Å². The van der Waals surface area contributed by atoms with Crippen molar-refractivity contribution in [3.8, 4) is 10.6 Å². The first-order chi connectivity index (χ1) is 3.06. The predicted octanol–water partition coefficient (Wildman–Crippen LogP) is 0.712. The summed E-state index contributed by atoms with van der Waals surface area (Å²) in [4.78, 5) is 0. The van der Waals surface area contributed by atoms with Gasteiger partial charge in [-0.2, -0.15) is 8.42 Å². The minimum atomic E-state index is -3.70. The lowest BCUT2D eigenvalue weighted by molar-refractivity contribution is 0.618. The molecule has 0 heterocycles. The van der Waals surface area contributed by atoms with Gasteiger partial charge in [0.25, 0.3) is 0 Å². The molecule has 0 fully saturated rings. The highest BCUT2D eigenvalue weighted by molar-refractivity contribution is 8.17. The van der Waals surface area contributed by atoms with Crippen molar-refractivity contribution in [1.82, 2.24) is 0 Å². The van der Waals surface area contributed by atoms with Crippen LogP contribution in [0, 0.1) is 10.6 Å². The Kier molecular flexibility index (Phi) is 2.44. The smallest absolute Gasteiger partial charge is 0.198 e. The molecule has 0 radical (unpaired) electrons. The molecule has 0 unspecified atom stereocenters. The van der Waals surface area contributed by atoms with Crippen molar-refractivity contribution in [2.24, 2.45) is 0 Å². The molecule has 0 aliphatic rings. The summed E-state index contributed by atoms with van der Waals surface area (Å²) >= 11 is 4.66. The molecule has 0 aromatic heterocycles. The SMILES string of the molecule is O=S(=O)(Cl)C#CCl. The largest absolute Gasteiger partial charge is 0.301 e. The van der Waals surface area contributed by atoms with Crippen molar-refractivity contribution in [3.63, 3.8) is 0 Å². The van der Waals surface area contributed by atoms with Crippen molar-refractivity contribution in [2.75, 3.05) is 0 Å². The van der Waals surface area contributed by atoms with Crippen molar-refractivity contribution in [3.05, 3.63) is 0 Å². The fraction of sp³-hybridized carbons (Fsp3) is 0. The molecule has 0 atom stereocenters. The zero-order valence-electron chi connectivity index (χ0n) is 2.98. The summed E-state index contributed by atoms with van der Waals surface area (Å²) in [7, 11) is 0.852. The van der Waals surface area contributed by atoms with E-state index >= 15 is 0 Å². The van der Waals surface area contributed by atoms with E-state index < -0.39 is 9.05 Å². The zero-order chi connectivity index (χ0) is 5.91. The molecule has 0 aliphatic carbocycles. The van der Waals surface area contributed by atoms with Crippen LogP contribution < -0.4 is 0 Å². The van der Waals surface area contributed by atoms with Crippen LogP contribution >= 0.6 is 22.3 Å². The van der Waals surface area contributed by atoms with Crippen molar-refractivity contribution >= 4 is 31.3 Å². The van der Waals surface area contributed by atoms with Crippen LogP contribution in [0.5, 0.6) is 0 Å². The van der Waals surface area contributed by atoms with Gasteiger partial charge in [-0.15, -0.1) is 0 Å². The van der Waals surface area contributed by atoms with E-state index in [2.05, 4.69) is 22.3 Å². The molecule has 0 spiro atoms. The number of halogens is 2. The molecule has 7 heavy (non-hydrogen) atoms. The summed E-state index contributed by atoms with van der Waals surface area (Å²) in [5.41, 5.74) is 0. The van der Waals surface area contributed by atoms with Gasteiger partial charge in [-0.05, 0) is 11.6 Å². The Morgan fingerprint density at radius 1 is 1.43 bits per heavy atom. The third-order valence-electron chi connectivity index (χ3n) is 0.160. The first-order valence-corrected chi connectivity index (χ1v) is 3.82. The molecule has 0 bridgehead atoms. The van der Waals surface area contributed by atoms with E-state index in [9.17, 15) is 8.42 Å². The van der Waals surface area contributed by atoms with Gasteiger partial charge in [0, 0.05) is 16.1 Å². The summed E-state index contributed by atoms with van der Waals surface area (Å²) in [6.07, 6.45) is 0. The quantitative estimate of drug-likeness (QED) is 0.385. The molecule has 0 aromatic carbocycles. The van der Waals surface area contributed by atoms with E-state index in [0.717, 1.165) is 0 Å². The summed E-state index contributed by atoms with van der Waals surface area (Å²) < 4.78 is 19.5. The molecular formula is C2Cl2O2S. The molecular weight excluding hydrogens is 159 g/mol. The Hall–Kier alpha value is 0.0900. The van der Waals surface area contributed by atoms with Gasteiger partial charge in [0.05, 0.1) is 5.25 Å². The first kappa shape index (κ1) is 7.09. The molecule has 0 amide bonds. The molecule has 0 saturated carbocycles. The van der Waals surface area contributed by atoms with Crippen molar-refractivity contribution < 1.29 is 8.42 Å². The standard InChI is InChI=1S/C2Cl2O2S/c3-1-2-7(4,5)6. The lowest BCUT2D eigenvalue weighted by atomic mass is 11.4. The number of hydrogen-bond acceptors (Lipinski definition) is 2. The van der Waals surface area contributed by atoms with Crippen LogP contribution in [0.2, 0.25) is 0 Å². The molecule has 40 valence electrons. The van der Waals surface area contributed by atoms with Crippen LogP contribution in [0.4, 0.5) is 0 Å². The molecule has 0 saturated heterocycles. The van der Waals surface area contributed by atoms with Gasteiger partial charge in [0.15, 0.2) is 0 Å². The predicted molar refractivity (Wildman–Crippen MR) is 28.4 cm³/mol. The molecule has 0 N–H and O–H groups in total. The van der Waals surface area contributed by atoms with Gasteiger partial charge in [-0.25, -0.2) is 0 Å². The van der Waals surface area contributed by atoms with Crippen LogP contribution in [0.25, 0.3) is 0 Å². The maximum Gasteiger partial charge on any atom is 0.301 e. The summed E-state index contributed by atoms with van der Waals surface area (Å²) in [6.45, 7) is 0. The summed E-state index contributed by atoms with van der Waals surface area (Å²) in [5.74, 6) is 0. The second-order valence-electron chi connectivity index (χ2n) is 0.634. The molecule has 5 heteroatoms. The lowest BCUT2D eigenvalue weighted by Gasteiger charge is -1.67.